The van der Waals surface area contributed by atoms with Gasteiger partial charge >= 0.3 is 6.09 Å². The molecule has 4 heterocycles. The lowest BCUT2D eigenvalue weighted by Crippen LogP contribution is -2.43. The predicted octanol–water partition coefficient (Wildman–Crippen LogP) is 12.8. The van der Waals surface area contributed by atoms with Crippen molar-refractivity contribution in [2.24, 2.45) is 14.1 Å². The number of hydrogen-bond donors (Lipinski definition) is 0. The van der Waals surface area contributed by atoms with Crippen LogP contribution in [0.15, 0.2) is 121 Å². The first kappa shape index (κ1) is 49.0. The van der Waals surface area contributed by atoms with Gasteiger partial charge in [0.2, 0.25) is 8.32 Å². The third-order valence-corrected chi connectivity index (χ3v) is 20.7. The molecule has 0 saturated carbocycles. The molecular formula is C61H64N6O5Si. The van der Waals surface area contributed by atoms with Gasteiger partial charge in [-0.05, 0) is 145 Å². The summed E-state index contributed by atoms with van der Waals surface area (Å²) in [5.74, 6) is 0.284. The molecule has 5 aromatic carbocycles. The quantitative estimate of drug-likeness (QED) is 0.133. The molecule has 0 fully saturated rings. The summed E-state index contributed by atoms with van der Waals surface area (Å²) < 4.78 is 16.6. The minimum absolute atomic E-state index is 0.00330. The largest absolute Gasteiger partial charge is 0.544 e. The van der Waals surface area contributed by atoms with Crippen LogP contribution in [-0.2, 0) is 44.8 Å². The van der Waals surface area contributed by atoms with Gasteiger partial charge in [-0.15, -0.1) is 0 Å². The van der Waals surface area contributed by atoms with E-state index in [0.29, 0.717) is 47.7 Å². The minimum atomic E-state index is -2.15. The van der Waals surface area contributed by atoms with E-state index in [1.807, 2.05) is 110 Å². The minimum Gasteiger partial charge on any atom is -0.544 e. The van der Waals surface area contributed by atoms with Crippen molar-refractivity contribution in [1.29, 1.82) is 5.26 Å². The van der Waals surface area contributed by atoms with Crippen LogP contribution in [0.2, 0.25) is 18.1 Å². The summed E-state index contributed by atoms with van der Waals surface area (Å²) in [6, 6.07) is 42.5. The summed E-state index contributed by atoms with van der Waals surface area (Å²) >= 11 is 0. The predicted molar refractivity (Wildman–Crippen MR) is 290 cm³/mol. The van der Waals surface area contributed by atoms with Gasteiger partial charge in [0.1, 0.15) is 24.1 Å². The molecule has 0 saturated heterocycles. The molecule has 10 rings (SSSR count). The highest BCUT2D eigenvalue weighted by Gasteiger charge is 2.40. The lowest BCUT2D eigenvalue weighted by molar-refractivity contribution is 0.0658. The first-order chi connectivity index (χ1) is 34.8. The van der Waals surface area contributed by atoms with Crippen molar-refractivity contribution in [2.45, 2.75) is 97.6 Å². The van der Waals surface area contributed by atoms with Gasteiger partial charge in [0.15, 0.2) is 0 Å². The van der Waals surface area contributed by atoms with E-state index >= 15 is 9.59 Å². The number of anilines is 2. The number of ether oxygens (including phenoxy) is 1. The number of carbonyl (C=O) groups is 3. The summed E-state index contributed by atoms with van der Waals surface area (Å²) in [5.41, 5.74) is 14.5. The highest BCUT2D eigenvalue weighted by atomic mass is 28.4. The van der Waals surface area contributed by atoms with E-state index in [4.69, 9.17) is 9.16 Å². The second-order valence-corrected chi connectivity index (χ2v) is 26.4. The maximum atomic E-state index is 15.5. The average molecular weight is 989 g/mol. The Bertz CT molecular complexity index is 3340. The van der Waals surface area contributed by atoms with Crippen LogP contribution in [0.5, 0.6) is 5.75 Å². The number of nitriles is 1. The lowest BCUT2D eigenvalue weighted by Gasteiger charge is -2.36. The van der Waals surface area contributed by atoms with Gasteiger partial charge in [0.05, 0.1) is 11.3 Å². The number of carbonyl (C=O) groups excluding carboxylic acids is 3. The molecule has 11 nitrogen and oxygen atoms in total. The van der Waals surface area contributed by atoms with E-state index in [1.165, 1.54) is 16.7 Å². The molecule has 0 bridgehead atoms. The van der Waals surface area contributed by atoms with Crippen LogP contribution in [0.3, 0.4) is 0 Å². The molecule has 1 aliphatic carbocycles. The Morgan fingerprint density at radius 3 is 2.03 bits per heavy atom. The van der Waals surface area contributed by atoms with Crippen molar-refractivity contribution in [3.8, 4) is 34.2 Å². The summed E-state index contributed by atoms with van der Waals surface area (Å²) in [7, 11) is 1.61. The molecule has 7 aromatic rings. The van der Waals surface area contributed by atoms with Gasteiger partial charge < -0.3 is 28.1 Å². The Labute approximate surface area is 430 Å². The number of nitrogens with zero attached hydrogens (tertiary/aromatic N) is 6. The van der Waals surface area contributed by atoms with E-state index in [9.17, 15) is 10.1 Å². The smallest absolute Gasteiger partial charge is 0.410 e. The number of fused-ring (bicyclic) bond motifs is 5. The zero-order chi connectivity index (χ0) is 51.7. The number of benzene rings is 5. The van der Waals surface area contributed by atoms with Crippen molar-refractivity contribution in [3.05, 3.63) is 183 Å². The van der Waals surface area contributed by atoms with Crippen molar-refractivity contribution in [2.75, 3.05) is 18.1 Å². The molecule has 372 valence electrons. The fraction of sp³-hybridized carbons (Fsp3) is 0.311. The van der Waals surface area contributed by atoms with Crippen LogP contribution in [0.25, 0.3) is 22.4 Å². The summed E-state index contributed by atoms with van der Waals surface area (Å²) in [6.07, 6.45) is 0.900. The highest BCUT2D eigenvalue weighted by Crippen LogP contribution is 2.45. The lowest BCUT2D eigenvalue weighted by atomic mass is 9.90. The monoisotopic (exact) mass is 988 g/mol. The maximum absolute atomic E-state index is 15.5. The van der Waals surface area contributed by atoms with Gasteiger partial charge in [-0.25, -0.2) is 4.79 Å². The Morgan fingerprint density at radius 2 is 1.38 bits per heavy atom. The molecule has 0 spiro atoms. The Balaban J connectivity index is 1.01. The summed E-state index contributed by atoms with van der Waals surface area (Å²) in [4.78, 5) is 50.2. The van der Waals surface area contributed by atoms with E-state index in [0.717, 1.165) is 62.6 Å². The second kappa shape index (κ2) is 18.8. The molecule has 2 aliphatic heterocycles. The molecule has 1 atom stereocenters. The topological polar surface area (TPSA) is 113 Å². The molecule has 12 heteroatoms. The molecule has 3 aliphatic rings. The van der Waals surface area contributed by atoms with E-state index in [1.54, 1.807) is 20.4 Å². The Hall–Kier alpha value is -7.62. The van der Waals surface area contributed by atoms with Gasteiger partial charge in [0, 0.05) is 79.6 Å². The number of rotatable bonds is 9. The summed E-state index contributed by atoms with van der Waals surface area (Å²) in [6.45, 7) is 18.4. The van der Waals surface area contributed by atoms with Crippen LogP contribution in [0.4, 0.5) is 16.2 Å². The molecular weight excluding hydrogens is 925 g/mol. The number of aromatic nitrogens is 2. The normalized spacial score (nSPS) is 15.2. The molecule has 2 aromatic heterocycles. The SMILES string of the molecule is Cc1c(N(C(=O)c2cc(-c3cc4c(cc3C(=O)N3Cc5ccccc5C[C@H]3C)CN(C(=O)OCC3c5ccccc5-c5ccccc53)CC4)n(C)c2C)c2ccc(O[Si](C)(C)C(C)(C)C)cc2)cc(C#N)n1C. The fourth-order valence-electron chi connectivity index (χ4n) is 10.7. The van der Waals surface area contributed by atoms with Gasteiger partial charge in [0.25, 0.3) is 11.8 Å². The van der Waals surface area contributed by atoms with Crippen molar-refractivity contribution in [3.63, 3.8) is 0 Å². The van der Waals surface area contributed by atoms with E-state index in [-0.39, 0.29) is 48.1 Å². The summed E-state index contributed by atoms with van der Waals surface area (Å²) in [5, 5.41) is 10.1. The molecule has 0 radical (unpaired) electrons. The van der Waals surface area contributed by atoms with Crippen LogP contribution >= 0.6 is 0 Å². The van der Waals surface area contributed by atoms with Gasteiger partial charge in [-0.2, -0.15) is 5.26 Å². The number of amides is 3. The van der Waals surface area contributed by atoms with Crippen LogP contribution in [0, 0.1) is 25.2 Å². The van der Waals surface area contributed by atoms with E-state index < -0.39 is 8.32 Å². The molecule has 73 heavy (non-hydrogen) atoms. The molecule has 0 unspecified atom stereocenters. The second-order valence-electron chi connectivity index (χ2n) is 21.7. The van der Waals surface area contributed by atoms with Gasteiger partial charge in [-0.3, -0.25) is 14.5 Å². The zero-order valence-corrected chi connectivity index (χ0v) is 44.7. The Morgan fingerprint density at radius 1 is 0.740 bits per heavy atom. The molecule has 3 amide bonds. The van der Waals surface area contributed by atoms with Crippen LogP contribution in [0.1, 0.15) is 105 Å². The van der Waals surface area contributed by atoms with Crippen molar-refractivity contribution < 1.29 is 23.5 Å². The standard InChI is InChI=1S/C61H64N6O5Si/c1-38-29-41-17-11-12-18-43(41)36-66(38)58(68)54-31-44-35-65(60(70)71-37-55-50-21-15-13-19-48(50)49-20-14-16-22-51(49)55)28-27-42(44)30-53(54)57-33-52(39(2)64(57)8)59(69)67(56-32-46(34-62)63(7)40(56)3)45-23-25-47(26-24-45)72-73(9,10)61(4,5)6/h11-26,30-33,38,55H,27-29,35-37H2,1-10H3/t38-/m1/s1. The van der Waals surface area contributed by atoms with E-state index in [2.05, 4.69) is 89.3 Å². The van der Waals surface area contributed by atoms with Crippen LogP contribution in [-0.4, -0.2) is 64.4 Å². The zero-order valence-electron chi connectivity index (χ0n) is 43.7. The molecule has 0 N–H and O–H groups in total. The average Bonchev–Trinajstić information content (AvgIpc) is 3.97. The van der Waals surface area contributed by atoms with Crippen molar-refractivity contribution >= 4 is 37.6 Å². The first-order valence-corrected chi connectivity index (χ1v) is 28.3. The highest BCUT2D eigenvalue weighted by molar-refractivity contribution is 6.74. The van der Waals surface area contributed by atoms with Gasteiger partial charge in [-0.1, -0.05) is 93.6 Å². The van der Waals surface area contributed by atoms with Crippen LogP contribution < -0.4 is 9.33 Å². The first-order valence-electron chi connectivity index (χ1n) is 25.3. The Kier molecular flexibility index (Phi) is 12.6. The third-order valence-electron chi connectivity index (χ3n) is 16.3. The maximum Gasteiger partial charge on any atom is 0.410 e. The third kappa shape index (κ3) is 8.73. The fourth-order valence-corrected chi connectivity index (χ4v) is 11.8. The van der Waals surface area contributed by atoms with Crippen molar-refractivity contribution in [1.82, 2.24) is 18.9 Å². The number of hydrogen-bond acceptors (Lipinski definition) is 6.